The van der Waals surface area contributed by atoms with E-state index < -0.39 is 0 Å². The Morgan fingerprint density at radius 1 is 1.24 bits per heavy atom. The van der Waals surface area contributed by atoms with Crippen molar-refractivity contribution in [3.8, 4) is 17.0 Å². The van der Waals surface area contributed by atoms with Gasteiger partial charge in [-0.25, -0.2) is 9.50 Å². The van der Waals surface area contributed by atoms with Gasteiger partial charge in [-0.1, -0.05) is 11.3 Å². The highest BCUT2D eigenvalue weighted by atomic mass is 32.1. The van der Waals surface area contributed by atoms with E-state index >= 15 is 0 Å². The Morgan fingerprint density at radius 3 is 2.82 bits per heavy atom. The maximum Gasteiger partial charge on any atom is 0.224 e. The van der Waals surface area contributed by atoms with Crippen LogP contribution in [0.25, 0.3) is 16.2 Å². The van der Waals surface area contributed by atoms with Crippen LogP contribution in [0.15, 0.2) is 30.5 Å². The number of anilines is 1. The summed E-state index contributed by atoms with van der Waals surface area (Å²) in [6.07, 6.45) is 4.85. The van der Waals surface area contributed by atoms with E-state index in [0.29, 0.717) is 6.54 Å². The van der Waals surface area contributed by atoms with Gasteiger partial charge in [0.2, 0.25) is 16.0 Å². The SMILES string of the molecule is COc1ccc(-c2cn3nc(N4CCCC(C(=O)NCCCN5CCOCC5)C4)sc3n2)cc1. The average molecular weight is 485 g/mol. The first-order chi connectivity index (χ1) is 16.7. The zero-order valence-corrected chi connectivity index (χ0v) is 20.4. The minimum atomic E-state index is 0.00298. The minimum absolute atomic E-state index is 0.00298. The molecule has 0 bridgehead atoms. The molecule has 0 saturated carbocycles. The number of carbonyl (C=O) groups excluding carboxylic acids is 1. The molecule has 182 valence electrons. The molecule has 4 heterocycles. The summed E-state index contributed by atoms with van der Waals surface area (Å²) in [4.78, 5) is 23.0. The molecule has 2 saturated heterocycles. The number of amides is 1. The van der Waals surface area contributed by atoms with E-state index in [2.05, 4.69) is 15.1 Å². The van der Waals surface area contributed by atoms with Gasteiger partial charge in [0.25, 0.3) is 0 Å². The number of piperidine rings is 1. The monoisotopic (exact) mass is 484 g/mol. The quantitative estimate of drug-likeness (QED) is 0.492. The van der Waals surface area contributed by atoms with Crippen LogP contribution in [-0.4, -0.2) is 85.0 Å². The molecule has 0 radical (unpaired) electrons. The lowest BCUT2D eigenvalue weighted by Gasteiger charge is -2.31. The molecular weight excluding hydrogens is 452 g/mol. The second kappa shape index (κ2) is 10.7. The van der Waals surface area contributed by atoms with E-state index in [4.69, 9.17) is 19.6 Å². The number of imidazole rings is 1. The van der Waals surface area contributed by atoms with Crippen LogP contribution in [0.4, 0.5) is 5.13 Å². The van der Waals surface area contributed by atoms with Crippen LogP contribution >= 0.6 is 11.3 Å². The Hall–Kier alpha value is -2.69. The van der Waals surface area contributed by atoms with E-state index in [9.17, 15) is 4.79 Å². The predicted molar refractivity (Wildman–Crippen MR) is 133 cm³/mol. The first-order valence-corrected chi connectivity index (χ1v) is 12.8. The lowest BCUT2D eigenvalue weighted by molar-refractivity contribution is -0.125. The van der Waals surface area contributed by atoms with Gasteiger partial charge in [0.05, 0.1) is 38.1 Å². The molecule has 1 atom stereocenters. The molecule has 2 aromatic heterocycles. The summed E-state index contributed by atoms with van der Waals surface area (Å²) in [5.41, 5.74) is 1.92. The second-order valence-corrected chi connectivity index (χ2v) is 9.78. The van der Waals surface area contributed by atoms with E-state index in [0.717, 1.165) is 92.3 Å². The van der Waals surface area contributed by atoms with Gasteiger partial charge in [-0.3, -0.25) is 9.69 Å². The number of rotatable bonds is 8. The van der Waals surface area contributed by atoms with Gasteiger partial charge < -0.3 is 19.7 Å². The number of carbonyl (C=O) groups is 1. The number of ether oxygens (including phenoxy) is 2. The van der Waals surface area contributed by atoms with E-state index in [1.54, 1.807) is 18.4 Å². The summed E-state index contributed by atoms with van der Waals surface area (Å²) in [7, 11) is 1.66. The molecule has 1 unspecified atom stereocenters. The molecule has 1 aromatic carbocycles. The lowest BCUT2D eigenvalue weighted by Crippen LogP contribution is -2.44. The lowest BCUT2D eigenvalue weighted by atomic mass is 9.97. The van der Waals surface area contributed by atoms with Crippen LogP contribution in [0, 0.1) is 5.92 Å². The first-order valence-electron chi connectivity index (χ1n) is 12.0. The van der Waals surface area contributed by atoms with Crippen molar-refractivity contribution in [3.05, 3.63) is 30.5 Å². The van der Waals surface area contributed by atoms with E-state index in [1.165, 1.54) is 0 Å². The first kappa shape index (κ1) is 23.1. The summed E-state index contributed by atoms with van der Waals surface area (Å²) in [6, 6.07) is 7.87. The molecule has 2 fully saturated rings. The highest BCUT2D eigenvalue weighted by molar-refractivity contribution is 7.20. The topological polar surface area (TPSA) is 84.2 Å². The van der Waals surface area contributed by atoms with Gasteiger partial charge in [0, 0.05) is 38.3 Å². The summed E-state index contributed by atoms with van der Waals surface area (Å²) >= 11 is 1.57. The maximum atomic E-state index is 12.8. The third kappa shape index (κ3) is 5.34. The van der Waals surface area contributed by atoms with Gasteiger partial charge in [0.15, 0.2) is 0 Å². The molecule has 2 aliphatic rings. The molecule has 2 aliphatic heterocycles. The van der Waals surface area contributed by atoms with Gasteiger partial charge >= 0.3 is 0 Å². The van der Waals surface area contributed by atoms with Crippen LogP contribution in [0.3, 0.4) is 0 Å². The number of hydrogen-bond acceptors (Lipinski definition) is 8. The Balaban J connectivity index is 1.15. The number of methoxy groups -OCH3 is 1. The van der Waals surface area contributed by atoms with Crippen molar-refractivity contribution >= 4 is 27.3 Å². The number of morpholine rings is 1. The molecule has 3 aromatic rings. The fourth-order valence-corrected chi connectivity index (χ4v) is 5.48. The number of hydrogen-bond donors (Lipinski definition) is 1. The molecule has 1 N–H and O–H groups in total. The van der Waals surface area contributed by atoms with Crippen LogP contribution in [-0.2, 0) is 9.53 Å². The molecule has 1 amide bonds. The van der Waals surface area contributed by atoms with Gasteiger partial charge in [-0.2, -0.15) is 0 Å². The molecule has 34 heavy (non-hydrogen) atoms. The standard InChI is InChI=1S/C24H32N6O3S/c1-32-20-7-5-18(6-8-20)21-17-30-23(26-21)34-24(27-30)29-11-2-4-19(16-29)22(31)25-9-3-10-28-12-14-33-15-13-28/h5-8,17,19H,2-4,9-16H2,1H3,(H,25,31). The van der Waals surface area contributed by atoms with Crippen LogP contribution in [0.1, 0.15) is 19.3 Å². The summed E-state index contributed by atoms with van der Waals surface area (Å²) in [5.74, 6) is 0.990. The van der Waals surface area contributed by atoms with Crippen molar-refractivity contribution in [1.82, 2.24) is 24.8 Å². The second-order valence-electron chi connectivity index (χ2n) is 8.85. The minimum Gasteiger partial charge on any atom is -0.497 e. The smallest absolute Gasteiger partial charge is 0.224 e. The van der Waals surface area contributed by atoms with Crippen molar-refractivity contribution in [2.45, 2.75) is 19.3 Å². The fourth-order valence-electron chi connectivity index (χ4n) is 4.57. The zero-order valence-electron chi connectivity index (χ0n) is 19.6. The Bertz CT molecular complexity index is 1060. The van der Waals surface area contributed by atoms with Crippen LogP contribution < -0.4 is 15.0 Å². The molecular formula is C24H32N6O3S. The predicted octanol–water partition coefficient (Wildman–Crippen LogP) is 2.52. The summed E-state index contributed by atoms with van der Waals surface area (Å²) in [5, 5.41) is 8.84. The molecule has 0 aliphatic carbocycles. The number of nitrogens with zero attached hydrogens (tertiary/aromatic N) is 5. The van der Waals surface area contributed by atoms with Crippen LogP contribution in [0.5, 0.6) is 5.75 Å². The Morgan fingerprint density at radius 2 is 2.06 bits per heavy atom. The van der Waals surface area contributed by atoms with Crippen molar-refractivity contribution in [2.75, 3.05) is 64.5 Å². The number of nitrogens with one attached hydrogen (secondary N) is 1. The third-order valence-electron chi connectivity index (χ3n) is 6.54. The Kier molecular flexibility index (Phi) is 7.27. The van der Waals surface area contributed by atoms with Crippen molar-refractivity contribution in [2.24, 2.45) is 5.92 Å². The highest BCUT2D eigenvalue weighted by Crippen LogP contribution is 2.30. The normalized spacial score (nSPS) is 19.4. The van der Waals surface area contributed by atoms with Crippen molar-refractivity contribution < 1.29 is 14.3 Å². The highest BCUT2D eigenvalue weighted by Gasteiger charge is 2.28. The molecule has 5 rings (SSSR count). The summed E-state index contributed by atoms with van der Waals surface area (Å²) in [6.45, 7) is 6.97. The van der Waals surface area contributed by atoms with Gasteiger partial charge in [-0.05, 0) is 50.1 Å². The van der Waals surface area contributed by atoms with Gasteiger partial charge in [0.1, 0.15) is 5.75 Å². The van der Waals surface area contributed by atoms with Crippen molar-refractivity contribution in [1.29, 1.82) is 0 Å². The fraction of sp³-hybridized carbons (Fsp3) is 0.542. The third-order valence-corrected chi connectivity index (χ3v) is 7.52. The zero-order chi connectivity index (χ0) is 23.3. The van der Waals surface area contributed by atoms with E-state index in [-0.39, 0.29) is 11.8 Å². The molecule has 9 nitrogen and oxygen atoms in total. The number of benzene rings is 1. The maximum absolute atomic E-state index is 12.8. The number of aromatic nitrogens is 3. The van der Waals surface area contributed by atoms with Gasteiger partial charge in [-0.15, -0.1) is 5.10 Å². The van der Waals surface area contributed by atoms with E-state index in [1.807, 2.05) is 35.0 Å². The molecule has 10 heteroatoms. The number of fused-ring (bicyclic) bond motifs is 1. The Labute approximate surface area is 203 Å². The van der Waals surface area contributed by atoms with Crippen molar-refractivity contribution in [3.63, 3.8) is 0 Å². The molecule has 0 spiro atoms. The summed E-state index contributed by atoms with van der Waals surface area (Å²) < 4.78 is 12.5. The van der Waals surface area contributed by atoms with Crippen LogP contribution in [0.2, 0.25) is 0 Å². The largest absolute Gasteiger partial charge is 0.497 e. The average Bonchev–Trinajstić information content (AvgIpc) is 3.47.